The first-order chi connectivity index (χ1) is 16.8. The number of pyridine rings is 1. The van der Waals surface area contributed by atoms with Gasteiger partial charge in [-0.2, -0.15) is 0 Å². The van der Waals surface area contributed by atoms with Gasteiger partial charge in [0.2, 0.25) is 5.88 Å². The lowest BCUT2D eigenvalue weighted by atomic mass is 10.2. The Morgan fingerprint density at radius 1 is 1.28 bits per heavy atom. The maximum atomic E-state index is 15.3. The van der Waals surface area contributed by atoms with E-state index in [1.165, 1.54) is 22.3 Å². The van der Waals surface area contributed by atoms with E-state index >= 15 is 4.39 Å². The van der Waals surface area contributed by atoms with E-state index in [2.05, 4.69) is 4.98 Å². The van der Waals surface area contributed by atoms with Crippen molar-refractivity contribution in [3.8, 4) is 17.4 Å². The lowest BCUT2D eigenvalue weighted by Crippen LogP contribution is -2.55. The molecule has 0 bridgehead atoms. The molecule has 198 valence electrons. The fraction of sp³-hybridized carbons (Fsp3) is 0.500. The summed E-state index contributed by atoms with van der Waals surface area (Å²) in [7, 11) is -6.05. The van der Waals surface area contributed by atoms with Crippen molar-refractivity contribution in [3.05, 3.63) is 45.8 Å². The number of benzene rings is 1. The molecule has 1 aliphatic carbocycles. The number of hydrogen-bond donors (Lipinski definition) is 1. The normalized spacial score (nSPS) is 15.5. The van der Waals surface area contributed by atoms with Gasteiger partial charge in [0, 0.05) is 12.1 Å². The summed E-state index contributed by atoms with van der Waals surface area (Å²) in [6.07, 6.45) is 4.22. The summed E-state index contributed by atoms with van der Waals surface area (Å²) < 4.78 is 49.8. The molecular formula is C24H32Cl2FN3O4SSi. The van der Waals surface area contributed by atoms with Crippen molar-refractivity contribution >= 4 is 47.3 Å². The number of nitrogens with zero attached hydrogens (tertiary/aromatic N) is 2. The zero-order chi connectivity index (χ0) is 26.8. The predicted octanol–water partition coefficient (Wildman–Crippen LogP) is 7.68. The average molecular weight is 577 g/mol. The molecule has 1 aromatic heterocycles. The monoisotopic (exact) mass is 575 g/mol. The molecule has 1 amide bonds. The molecule has 1 unspecified atom stereocenters. The minimum Gasteiger partial charge on any atom is -0.474 e. The number of nitrogens with one attached hydrogen (secondary N) is 1. The van der Waals surface area contributed by atoms with Gasteiger partial charge < -0.3 is 9.47 Å². The van der Waals surface area contributed by atoms with Gasteiger partial charge in [-0.1, -0.05) is 56.1 Å². The Hall–Kier alpha value is -1.88. The SMILES string of the molecule is CCCC[Si](C)(C)N(C(=O)c1cc(Cl)c(Oc2cnc(OC(C)C)c(Cl)c2)cc1F)S(=N)(=O)C1CC1. The largest absolute Gasteiger partial charge is 0.474 e. The van der Waals surface area contributed by atoms with Crippen molar-refractivity contribution in [2.75, 3.05) is 0 Å². The Balaban J connectivity index is 1.93. The van der Waals surface area contributed by atoms with Crippen molar-refractivity contribution in [1.29, 1.82) is 4.78 Å². The first-order valence-corrected chi connectivity index (χ1v) is 17.4. The number of carbonyl (C=O) groups is 1. The smallest absolute Gasteiger partial charge is 0.261 e. The van der Waals surface area contributed by atoms with E-state index in [0.717, 1.165) is 18.9 Å². The van der Waals surface area contributed by atoms with Gasteiger partial charge in [-0.05, 0) is 38.8 Å². The Labute approximate surface area is 223 Å². The van der Waals surface area contributed by atoms with E-state index in [4.69, 9.17) is 37.5 Å². The van der Waals surface area contributed by atoms with Crippen LogP contribution in [0.2, 0.25) is 29.2 Å². The molecule has 0 radical (unpaired) electrons. The minimum absolute atomic E-state index is 0.0192. The highest BCUT2D eigenvalue weighted by molar-refractivity contribution is 7.93. The van der Waals surface area contributed by atoms with E-state index in [1.54, 1.807) is 0 Å². The fourth-order valence-corrected chi connectivity index (χ4v) is 11.4. The second-order valence-electron chi connectivity index (χ2n) is 9.77. The van der Waals surface area contributed by atoms with Crippen LogP contribution < -0.4 is 9.47 Å². The zero-order valence-electron chi connectivity index (χ0n) is 21.1. The van der Waals surface area contributed by atoms with Crippen LogP contribution in [0.3, 0.4) is 0 Å². The van der Waals surface area contributed by atoms with Crippen molar-refractivity contribution in [1.82, 2.24) is 8.95 Å². The molecule has 0 aliphatic heterocycles. The summed E-state index contributed by atoms with van der Waals surface area (Å²) in [5, 5.41) is -0.185. The maximum absolute atomic E-state index is 15.3. The van der Waals surface area contributed by atoms with E-state index < -0.39 is 29.9 Å². The van der Waals surface area contributed by atoms with E-state index in [1.807, 2.05) is 33.9 Å². The third kappa shape index (κ3) is 6.51. The lowest BCUT2D eigenvalue weighted by Gasteiger charge is -2.38. The van der Waals surface area contributed by atoms with Crippen LogP contribution in [0.4, 0.5) is 4.39 Å². The standard InChI is InChI=1S/C24H32Cl2FN3O4SSi/c1-6-7-10-36(4,5)30(35(28,32)17-8-9-17)24(31)18-12-19(25)22(13-21(18)27)34-16-11-20(26)23(29-14-16)33-15(2)3/h11-15,17,28H,6-10H2,1-5H3. The summed E-state index contributed by atoms with van der Waals surface area (Å²) >= 11 is 12.6. The highest BCUT2D eigenvalue weighted by Crippen LogP contribution is 2.39. The number of aromatic nitrogens is 1. The van der Waals surface area contributed by atoms with Crippen LogP contribution in [0.25, 0.3) is 0 Å². The molecule has 1 N–H and O–H groups in total. The van der Waals surface area contributed by atoms with Crippen molar-refractivity contribution in [2.45, 2.75) is 76.9 Å². The van der Waals surface area contributed by atoms with Gasteiger partial charge in [-0.25, -0.2) is 18.4 Å². The molecule has 1 aromatic carbocycles. The van der Waals surface area contributed by atoms with E-state index in [-0.39, 0.29) is 44.3 Å². The highest BCUT2D eigenvalue weighted by atomic mass is 35.5. The molecule has 3 rings (SSSR count). The van der Waals surface area contributed by atoms with Gasteiger partial charge in [-0.3, -0.25) is 8.77 Å². The third-order valence-corrected chi connectivity index (χ3v) is 13.6. The van der Waals surface area contributed by atoms with Gasteiger partial charge in [0.25, 0.3) is 5.91 Å². The lowest BCUT2D eigenvalue weighted by molar-refractivity contribution is 0.0912. The van der Waals surface area contributed by atoms with Gasteiger partial charge in [0.15, 0.2) is 8.24 Å². The van der Waals surface area contributed by atoms with Crippen LogP contribution in [-0.4, -0.2) is 38.7 Å². The summed E-state index contributed by atoms with van der Waals surface area (Å²) in [5.41, 5.74) is -0.332. The molecule has 7 nitrogen and oxygen atoms in total. The number of amides is 1. The zero-order valence-corrected chi connectivity index (χ0v) is 24.4. The van der Waals surface area contributed by atoms with Crippen LogP contribution in [0.15, 0.2) is 24.4 Å². The molecule has 1 atom stereocenters. The van der Waals surface area contributed by atoms with Crippen LogP contribution in [0, 0.1) is 10.6 Å². The fourth-order valence-electron chi connectivity index (χ4n) is 3.79. The van der Waals surface area contributed by atoms with Gasteiger partial charge in [0.1, 0.15) is 32.3 Å². The third-order valence-electron chi connectivity index (χ3n) is 5.73. The average Bonchev–Trinajstić information content (AvgIpc) is 3.62. The summed E-state index contributed by atoms with van der Waals surface area (Å²) in [4.78, 5) is 17.7. The molecule has 1 fully saturated rings. The number of hydrogen-bond acceptors (Lipinski definition) is 6. The van der Waals surface area contributed by atoms with E-state index in [9.17, 15) is 9.00 Å². The Morgan fingerprint density at radius 2 is 1.94 bits per heavy atom. The predicted molar refractivity (Wildman–Crippen MR) is 144 cm³/mol. The topological polar surface area (TPSA) is 92.6 Å². The molecule has 0 spiro atoms. The summed E-state index contributed by atoms with van der Waals surface area (Å²) in [5.74, 6) is -1.24. The van der Waals surface area contributed by atoms with E-state index in [0.29, 0.717) is 18.9 Å². The second-order valence-corrected chi connectivity index (χ2v) is 17.7. The van der Waals surface area contributed by atoms with Gasteiger partial charge in [0.05, 0.1) is 28.1 Å². The van der Waals surface area contributed by atoms with Crippen LogP contribution >= 0.6 is 23.2 Å². The summed E-state index contributed by atoms with van der Waals surface area (Å²) in [6, 6.07) is 4.30. The number of unbranched alkanes of at least 4 members (excludes halogenated alkanes) is 1. The van der Waals surface area contributed by atoms with Gasteiger partial charge in [-0.15, -0.1) is 0 Å². The Bertz CT molecular complexity index is 1240. The van der Waals surface area contributed by atoms with Crippen molar-refractivity contribution in [3.63, 3.8) is 0 Å². The molecule has 0 saturated heterocycles. The molecule has 1 heterocycles. The van der Waals surface area contributed by atoms with Gasteiger partial charge >= 0.3 is 0 Å². The van der Waals surface area contributed by atoms with Crippen molar-refractivity contribution < 1.29 is 22.9 Å². The Morgan fingerprint density at radius 3 is 2.50 bits per heavy atom. The molecule has 2 aromatic rings. The first kappa shape index (κ1) is 28.7. The second kappa shape index (κ2) is 11.2. The molecular weight excluding hydrogens is 544 g/mol. The summed E-state index contributed by atoms with van der Waals surface area (Å²) in [6.45, 7) is 9.51. The van der Waals surface area contributed by atoms with Crippen LogP contribution in [0.5, 0.6) is 17.4 Å². The number of rotatable bonds is 11. The first-order valence-electron chi connectivity index (χ1n) is 11.9. The maximum Gasteiger partial charge on any atom is 0.261 e. The quantitative estimate of drug-likeness (QED) is 0.277. The molecule has 12 heteroatoms. The molecule has 36 heavy (non-hydrogen) atoms. The minimum atomic E-state index is -3.40. The number of ether oxygens (including phenoxy) is 2. The molecule has 1 aliphatic rings. The molecule has 1 saturated carbocycles. The highest BCUT2D eigenvalue weighted by Gasteiger charge is 2.47. The van der Waals surface area contributed by atoms with Crippen LogP contribution in [-0.2, 0) is 9.92 Å². The van der Waals surface area contributed by atoms with Crippen molar-refractivity contribution in [2.24, 2.45) is 0 Å². The van der Waals surface area contributed by atoms with Crippen LogP contribution in [0.1, 0.15) is 56.8 Å². The number of halogens is 3. The Kier molecular flexibility index (Phi) is 8.96. The number of carbonyl (C=O) groups excluding carboxylic acids is 1.